The van der Waals surface area contributed by atoms with E-state index in [0.29, 0.717) is 13.0 Å². The molecule has 0 saturated heterocycles. The van der Waals surface area contributed by atoms with Gasteiger partial charge in [-0.3, -0.25) is 0 Å². The van der Waals surface area contributed by atoms with Crippen LogP contribution in [-0.2, 0) is 0 Å². The molecule has 12 heavy (non-hydrogen) atoms. The molecule has 0 aromatic heterocycles. The number of hydrogen-bond donors (Lipinski definition) is 2. The van der Waals surface area contributed by atoms with E-state index in [9.17, 15) is 0 Å². The van der Waals surface area contributed by atoms with Gasteiger partial charge in [-0.25, -0.2) is 0 Å². The highest BCUT2D eigenvalue weighted by atomic mass is 16.3. The molecule has 0 fully saturated rings. The first kappa shape index (κ1) is 11.4. The fraction of sp³-hybridized carbons (Fsp3) is 0.889. The van der Waals surface area contributed by atoms with Gasteiger partial charge in [0.15, 0.2) is 0 Å². The van der Waals surface area contributed by atoms with Crippen molar-refractivity contribution in [3.63, 3.8) is 0 Å². The van der Waals surface area contributed by atoms with Crippen molar-refractivity contribution in [2.45, 2.75) is 32.7 Å². The van der Waals surface area contributed by atoms with E-state index in [2.05, 4.69) is 11.4 Å². The van der Waals surface area contributed by atoms with Crippen molar-refractivity contribution in [2.75, 3.05) is 13.2 Å². The lowest BCUT2D eigenvalue weighted by Gasteiger charge is -2.25. The maximum atomic E-state index is 8.72. The third kappa shape index (κ3) is 5.11. The molecule has 0 aliphatic heterocycles. The lowest BCUT2D eigenvalue weighted by atomic mass is 10.0. The minimum Gasteiger partial charge on any atom is -0.396 e. The Kier molecular flexibility index (Phi) is 4.87. The van der Waals surface area contributed by atoms with Crippen molar-refractivity contribution >= 4 is 0 Å². The molecule has 0 aliphatic carbocycles. The van der Waals surface area contributed by atoms with Gasteiger partial charge in [-0.05, 0) is 27.2 Å². The SMILES string of the molecule is CC(C#N)CNC(C)(C)CCO. The molecule has 0 heterocycles. The summed E-state index contributed by atoms with van der Waals surface area (Å²) in [5.74, 6) is 0.0305. The van der Waals surface area contributed by atoms with Gasteiger partial charge in [0.25, 0.3) is 0 Å². The quantitative estimate of drug-likeness (QED) is 0.644. The first-order valence-corrected chi connectivity index (χ1v) is 4.27. The summed E-state index contributed by atoms with van der Waals surface area (Å²) in [5.41, 5.74) is -0.0696. The minimum atomic E-state index is -0.0696. The second-order valence-corrected chi connectivity index (χ2v) is 3.77. The smallest absolute Gasteiger partial charge is 0.0666 e. The zero-order chi connectivity index (χ0) is 9.61. The number of hydrogen-bond acceptors (Lipinski definition) is 3. The summed E-state index contributed by atoms with van der Waals surface area (Å²) >= 11 is 0. The maximum Gasteiger partial charge on any atom is 0.0666 e. The molecule has 1 atom stereocenters. The van der Waals surface area contributed by atoms with Crippen molar-refractivity contribution in [2.24, 2.45) is 5.92 Å². The summed E-state index contributed by atoms with van der Waals surface area (Å²) in [6, 6.07) is 2.15. The molecule has 0 rings (SSSR count). The van der Waals surface area contributed by atoms with Gasteiger partial charge in [-0.1, -0.05) is 0 Å². The van der Waals surface area contributed by atoms with Crippen molar-refractivity contribution in [1.29, 1.82) is 5.26 Å². The van der Waals surface area contributed by atoms with Crippen LogP contribution in [0.3, 0.4) is 0 Å². The zero-order valence-electron chi connectivity index (χ0n) is 8.09. The molecule has 0 amide bonds. The molecular formula is C9H18N2O. The number of aliphatic hydroxyl groups excluding tert-OH is 1. The van der Waals surface area contributed by atoms with Crippen molar-refractivity contribution in [1.82, 2.24) is 5.32 Å². The molecule has 70 valence electrons. The molecule has 0 aliphatic rings. The maximum absolute atomic E-state index is 8.72. The summed E-state index contributed by atoms with van der Waals surface area (Å²) in [6.07, 6.45) is 0.713. The Balaban J connectivity index is 3.68. The van der Waals surface area contributed by atoms with Crippen LogP contribution in [0.25, 0.3) is 0 Å². The van der Waals surface area contributed by atoms with Gasteiger partial charge in [-0.15, -0.1) is 0 Å². The molecule has 0 aromatic carbocycles. The van der Waals surface area contributed by atoms with E-state index < -0.39 is 0 Å². The van der Waals surface area contributed by atoms with Gasteiger partial charge >= 0.3 is 0 Å². The van der Waals surface area contributed by atoms with E-state index in [-0.39, 0.29) is 18.1 Å². The van der Waals surface area contributed by atoms with Crippen molar-refractivity contribution < 1.29 is 5.11 Å². The van der Waals surface area contributed by atoms with E-state index in [4.69, 9.17) is 10.4 Å². The van der Waals surface area contributed by atoms with Gasteiger partial charge in [0.2, 0.25) is 0 Å². The Bertz CT molecular complexity index is 160. The highest BCUT2D eigenvalue weighted by Gasteiger charge is 2.16. The average molecular weight is 170 g/mol. The summed E-state index contributed by atoms with van der Waals surface area (Å²) in [6.45, 7) is 6.78. The van der Waals surface area contributed by atoms with Crippen LogP contribution in [0.1, 0.15) is 27.2 Å². The third-order valence-electron chi connectivity index (χ3n) is 1.84. The van der Waals surface area contributed by atoms with Crippen LogP contribution >= 0.6 is 0 Å². The first-order valence-electron chi connectivity index (χ1n) is 4.27. The van der Waals surface area contributed by atoms with E-state index in [1.165, 1.54) is 0 Å². The number of rotatable bonds is 5. The second kappa shape index (κ2) is 5.13. The standard InChI is InChI=1S/C9H18N2O/c1-8(6-10)7-11-9(2,3)4-5-12/h8,11-12H,4-5,7H2,1-3H3. The van der Waals surface area contributed by atoms with Crippen molar-refractivity contribution in [3.05, 3.63) is 0 Å². The Morgan fingerprint density at radius 3 is 2.58 bits per heavy atom. The monoisotopic (exact) mass is 170 g/mol. The van der Waals surface area contributed by atoms with Gasteiger partial charge in [0.05, 0.1) is 12.0 Å². The molecule has 0 aromatic rings. The molecule has 3 heteroatoms. The van der Waals surface area contributed by atoms with Crippen LogP contribution < -0.4 is 5.32 Å². The Morgan fingerprint density at radius 2 is 2.17 bits per heavy atom. The second-order valence-electron chi connectivity index (χ2n) is 3.77. The van der Waals surface area contributed by atoms with E-state index >= 15 is 0 Å². The topological polar surface area (TPSA) is 56.0 Å². The molecule has 1 unspecified atom stereocenters. The van der Waals surface area contributed by atoms with Crippen LogP contribution in [0.2, 0.25) is 0 Å². The van der Waals surface area contributed by atoms with Gasteiger partial charge in [0, 0.05) is 18.7 Å². The van der Waals surface area contributed by atoms with Gasteiger partial charge < -0.3 is 10.4 Å². The van der Waals surface area contributed by atoms with Crippen LogP contribution in [0.15, 0.2) is 0 Å². The number of nitrogens with zero attached hydrogens (tertiary/aromatic N) is 1. The van der Waals surface area contributed by atoms with Crippen molar-refractivity contribution in [3.8, 4) is 6.07 Å². The van der Waals surface area contributed by atoms with Crippen LogP contribution in [0.5, 0.6) is 0 Å². The summed E-state index contributed by atoms with van der Waals surface area (Å²) < 4.78 is 0. The largest absolute Gasteiger partial charge is 0.396 e. The zero-order valence-corrected chi connectivity index (χ0v) is 8.09. The van der Waals surface area contributed by atoms with E-state index in [1.54, 1.807) is 0 Å². The molecule has 0 saturated carbocycles. The van der Waals surface area contributed by atoms with Gasteiger partial charge in [-0.2, -0.15) is 5.26 Å². The lowest BCUT2D eigenvalue weighted by molar-refractivity contribution is 0.229. The van der Waals surface area contributed by atoms with E-state index in [0.717, 1.165) is 0 Å². The summed E-state index contributed by atoms with van der Waals surface area (Å²) in [5, 5.41) is 20.5. The fourth-order valence-electron chi connectivity index (χ4n) is 0.843. The molecule has 0 bridgehead atoms. The lowest BCUT2D eigenvalue weighted by Crippen LogP contribution is -2.42. The third-order valence-corrected chi connectivity index (χ3v) is 1.84. The van der Waals surface area contributed by atoms with E-state index in [1.807, 2.05) is 20.8 Å². The number of aliphatic hydroxyl groups is 1. The molecule has 0 spiro atoms. The molecule has 2 N–H and O–H groups in total. The van der Waals surface area contributed by atoms with Gasteiger partial charge in [0.1, 0.15) is 0 Å². The molecular weight excluding hydrogens is 152 g/mol. The summed E-state index contributed by atoms with van der Waals surface area (Å²) in [4.78, 5) is 0. The predicted molar refractivity (Wildman–Crippen MR) is 48.6 cm³/mol. The average Bonchev–Trinajstić information content (AvgIpc) is 2.00. The van der Waals surface area contributed by atoms with Crippen LogP contribution in [-0.4, -0.2) is 23.8 Å². The minimum absolute atomic E-state index is 0.0305. The van der Waals surface area contributed by atoms with Crippen LogP contribution in [0.4, 0.5) is 0 Å². The number of nitriles is 1. The normalized spacial score (nSPS) is 13.9. The fourth-order valence-corrected chi connectivity index (χ4v) is 0.843. The molecule has 3 nitrogen and oxygen atoms in total. The summed E-state index contributed by atoms with van der Waals surface area (Å²) in [7, 11) is 0. The Morgan fingerprint density at radius 1 is 1.58 bits per heavy atom. The number of nitrogens with one attached hydrogen (secondary N) is 1. The highest BCUT2D eigenvalue weighted by Crippen LogP contribution is 2.07. The highest BCUT2D eigenvalue weighted by molar-refractivity contribution is 4.84. The first-order chi connectivity index (χ1) is 5.52. The van der Waals surface area contributed by atoms with Crippen LogP contribution in [0, 0.1) is 17.2 Å². The Hall–Kier alpha value is -0.590. The Labute approximate surface area is 74.4 Å². The molecule has 0 radical (unpaired) electrons. The predicted octanol–water partition coefficient (Wildman–Crippen LogP) is 0.897.